The first-order valence-electron chi connectivity index (χ1n) is 8.53. The molecule has 0 radical (unpaired) electrons. The van der Waals surface area contributed by atoms with Crippen LogP contribution in [0, 0.1) is 11.3 Å². The Morgan fingerprint density at radius 1 is 0.895 bits per heavy atom. The fourth-order valence-corrected chi connectivity index (χ4v) is 3.95. The van der Waals surface area contributed by atoms with Crippen molar-refractivity contribution < 1.29 is 0 Å². The van der Waals surface area contributed by atoms with E-state index < -0.39 is 0 Å². The van der Waals surface area contributed by atoms with Gasteiger partial charge in [-0.05, 0) is 62.7 Å². The van der Waals surface area contributed by atoms with Gasteiger partial charge in [-0.15, -0.1) is 0 Å². The van der Waals surface area contributed by atoms with Crippen molar-refractivity contribution in [2.24, 2.45) is 17.1 Å². The van der Waals surface area contributed by atoms with Crippen molar-refractivity contribution in [2.45, 2.75) is 96.7 Å². The summed E-state index contributed by atoms with van der Waals surface area (Å²) < 4.78 is 0. The zero-order valence-corrected chi connectivity index (χ0v) is 13.3. The molecule has 2 nitrogen and oxygen atoms in total. The first-order valence-corrected chi connectivity index (χ1v) is 8.53. The lowest BCUT2D eigenvalue weighted by Gasteiger charge is -2.40. The SMILES string of the molecule is CCC(C)(C)C1CCC(NC2CCC(N)CC2)CC1. The molecule has 2 fully saturated rings. The summed E-state index contributed by atoms with van der Waals surface area (Å²) in [7, 11) is 0. The fraction of sp³-hybridized carbons (Fsp3) is 1.00. The van der Waals surface area contributed by atoms with Crippen LogP contribution in [-0.4, -0.2) is 18.1 Å². The van der Waals surface area contributed by atoms with Crippen molar-refractivity contribution in [3.8, 4) is 0 Å². The molecule has 0 saturated heterocycles. The third-order valence-corrected chi connectivity index (χ3v) is 5.99. The van der Waals surface area contributed by atoms with Gasteiger partial charge in [-0.2, -0.15) is 0 Å². The predicted molar refractivity (Wildman–Crippen MR) is 83.2 cm³/mol. The third kappa shape index (κ3) is 4.19. The van der Waals surface area contributed by atoms with E-state index in [1.165, 1.54) is 57.8 Å². The summed E-state index contributed by atoms with van der Waals surface area (Å²) in [6.45, 7) is 7.25. The maximum Gasteiger partial charge on any atom is 0.00708 e. The highest BCUT2D eigenvalue weighted by molar-refractivity contribution is 4.88. The first kappa shape index (κ1) is 15.3. The summed E-state index contributed by atoms with van der Waals surface area (Å²) in [4.78, 5) is 0. The van der Waals surface area contributed by atoms with E-state index in [1.54, 1.807) is 0 Å². The Balaban J connectivity index is 1.72. The van der Waals surface area contributed by atoms with Crippen molar-refractivity contribution in [1.29, 1.82) is 0 Å². The van der Waals surface area contributed by atoms with Crippen molar-refractivity contribution >= 4 is 0 Å². The highest BCUT2D eigenvalue weighted by Crippen LogP contribution is 2.40. The molecule has 0 aromatic rings. The second kappa shape index (κ2) is 6.58. The zero-order chi connectivity index (χ0) is 13.9. The van der Waals surface area contributed by atoms with Gasteiger partial charge in [0.2, 0.25) is 0 Å². The molecule has 112 valence electrons. The predicted octanol–water partition coefficient (Wildman–Crippen LogP) is 3.84. The molecule has 2 aliphatic carbocycles. The monoisotopic (exact) mass is 266 g/mol. The summed E-state index contributed by atoms with van der Waals surface area (Å²) in [5.41, 5.74) is 6.53. The van der Waals surface area contributed by atoms with Gasteiger partial charge in [0, 0.05) is 18.1 Å². The van der Waals surface area contributed by atoms with Crippen LogP contribution in [0.1, 0.15) is 78.6 Å². The lowest BCUT2D eigenvalue weighted by Crippen LogP contribution is -2.45. The summed E-state index contributed by atoms with van der Waals surface area (Å²) in [6.07, 6.45) is 12.0. The highest BCUT2D eigenvalue weighted by atomic mass is 15.0. The van der Waals surface area contributed by atoms with E-state index in [2.05, 4.69) is 26.1 Å². The lowest BCUT2D eigenvalue weighted by molar-refractivity contribution is 0.131. The highest BCUT2D eigenvalue weighted by Gasteiger charge is 2.32. The standard InChI is InChI=1S/C17H34N2/c1-4-17(2,3)13-5-9-15(10-6-13)19-16-11-7-14(18)8-12-16/h13-16,19H,4-12,18H2,1-3H3. The maximum atomic E-state index is 5.98. The molecule has 0 bridgehead atoms. The fourth-order valence-electron chi connectivity index (χ4n) is 3.95. The molecule has 2 saturated carbocycles. The Kier molecular flexibility index (Phi) is 5.30. The molecule has 2 heteroatoms. The van der Waals surface area contributed by atoms with Gasteiger partial charge in [-0.3, -0.25) is 0 Å². The lowest BCUT2D eigenvalue weighted by atomic mass is 9.69. The van der Waals surface area contributed by atoms with Crippen LogP contribution in [-0.2, 0) is 0 Å². The van der Waals surface area contributed by atoms with Crippen molar-refractivity contribution in [3.63, 3.8) is 0 Å². The van der Waals surface area contributed by atoms with Crippen molar-refractivity contribution in [1.82, 2.24) is 5.32 Å². The molecule has 19 heavy (non-hydrogen) atoms. The van der Waals surface area contributed by atoms with Crippen LogP contribution in [0.5, 0.6) is 0 Å². The van der Waals surface area contributed by atoms with Crippen LogP contribution in [0.15, 0.2) is 0 Å². The molecule has 0 aromatic heterocycles. The Labute approximate surface area is 119 Å². The van der Waals surface area contributed by atoms with E-state index in [4.69, 9.17) is 5.73 Å². The average molecular weight is 266 g/mol. The Morgan fingerprint density at radius 2 is 1.37 bits per heavy atom. The number of hydrogen-bond acceptors (Lipinski definition) is 2. The minimum atomic E-state index is 0.471. The topological polar surface area (TPSA) is 38.0 Å². The molecule has 0 amide bonds. The van der Waals surface area contributed by atoms with Gasteiger partial charge in [0.1, 0.15) is 0 Å². The number of nitrogens with one attached hydrogen (secondary N) is 1. The van der Waals surface area contributed by atoms with Crippen LogP contribution in [0.3, 0.4) is 0 Å². The van der Waals surface area contributed by atoms with Crippen LogP contribution in [0.25, 0.3) is 0 Å². The zero-order valence-electron chi connectivity index (χ0n) is 13.3. The Hall–Kier alpha value is -0.0800. The molecule has 3 N–H and O–H groups in total. The largest absolute Gasteiger partial charge is 0.328 e. The molecular weight excluding hydrogens is 232 g/mol. The second-order valence-corrected chi connectivity index (χ2v) is 7.67. The number of rotatable bonds is 4. The third-order valence-electron chi connectivity index (χ3n) is 5.99. The van der Waals surface area contributed by atoms with Crippen LogP contribution in [0.2, 0.25) is 0 Å². The normalized spacial score (nSPS) is 37.3. The van der Waals surface area contributed by atoms with Gasteiger partial charge in [0.25, 0.3) is 0 Å². The molecular formula is C17H34N2. The summed E-state index contributed by atoms with van der Waals surface area (Å²) >= 11 is 0. The van der Waals surface area contributed by atoms with E-state index in [-0.39, 0.29) is 0 Å². The molecule has 2 aliphatic rings. The molecule has 2 rings (SSSR count). The summed E-state index contributed by atoms with van der Waals surface area (Å²) in [5, 5.41) is 3.91. The molecule has 0 atom stereocenters. The molecule has 0 unspecified atom stereocenters. The van der Waals surface area contributed by atoms with Gasteiger partial charge in [-0.25, -0.2) is 0 Å². The van der Waals surface area contributed by atoms with E-state index in [1.807, 2.05) is 0 Å². The van der Waals surface area contributed by atoms with Crippen LogP contribution < -0.4 is 11.1 Å². The molecule has 0 spiro atoms. The smallest absolute Gasteiger partial charge is 0.00708 e. The van der Waals surface area contributed by atoms with Gasteiger partial charge in [-0.1, -0.05) is 27.2 Å². The van der Waals surface area contributed by atoms with E-state index in [9.17, 15) is 0 Å². The maximum absolute atomic E-state index is 5.98. The number of nitrogens with two attached hydrogens (primary N) is 1. The Morgan fingerprint density at radius 3 is 1.84 bits per heavy atom. The van der Waals surface area contributed by atoms with Gasteiger partial charge in [0.15, 0.2) is 0 Å². The van der Waals surface area contributed by atoms with Crippen LogP contribution >= 0.6 is 0 Å². The number of hydrogen-bond donors (Lipinski definition) is 2. The minimum Gasteiger partial charge on any atom is -0.328 e. The Bertz CT molecular complexity index is 258. The van der Waals surface area contributed by atoms with E-state index >= 15 is 0 Å². The van der Waals surface area contributed by atoms with Crippen LogP contribution in [0.4, 0.5) is 0 Å². The van der Waals surface area contributed by atoms with Gasteiger partial charge >= 0.3 is 0 Å². The van der Waals surface area contributed by atoms with Gasteiger partial charge in [0.05, 0.1) is 0 Å². The second-order valence-electron chi connectivity index (χ2n) is 7.67. The summed E-state index contributed by atoms with van der Waals surface area (Å²) in [6, 6.07) is 2.00. The summed E-state index contributed by atoms with van der Waals surface area (Å²) in [5.74, 6) is 0.940. The van der Waals surface area contributed by atoms with E-state index in [0.29, 0.717) is 11.5 Å². The van der Waals surface area contributed by atoms with Gasteiger partial charge < -0.3 is 11.1 Å². The molecule has 0 aromatic carbocycles. The average Bonchev–Trinajstić information content (AvgIpc) is 2.42. The van der Waals surface area contributed by atoms with E-state index in [0.717, 1.165) is 18.0 Å². The quantitative estimate of drug-likeness (QED) is 0.811. The minimum absolute atomic E-state index is 0.471. The first-order chi connectivity index (χ1) is 9.01. The molecule has 0 aliphatic heterocycles. The molecule has 0 heterocycles. The van der Waals surface area contributed by atoms with Crippen molar-refractivity contribution in [2.75, 3.05) is 0 Å². The van der Waals surface area contributed by atoms with Crippen molar-refractivity contribution in [3.05, 3.63) is 0 Å².